The van der Waals surface area contributed by atoms with Crippen molar-refractivity contribution in [3.63, 3.8) is 0 Å². The molecule has 1 aliphatic carbocycles. The van der Waals surface area contributed by atoms with E-state index in [4.69, 9.17) is 0 Å². The quantitative estimate of drug-likeness (QED) is 0.778. The van der Waals surface area contributed by atoms with Gasteiger partial charge in [-0.25, -0.2) is 0 Å². The van der Waals surface area contributed by atoms with Crippen LogP contribution in [-0.4, -0.2) is 16.8 Å². The molecule has 0 aromatic heterocycles. The molecule has 0 spiro atoms. The Hall–Kier alpha value is -1.31. The normalized spacial score (nSPS) is 16.7. The van der Waals surface area contributed by atoms with Gasteiger partial charge in [0.05, 0.1) is 0 Å². The Morgan fingerprint density at radius 2 is 1.83 bits per heavy atom. The number of hydrogen-bond donors (Lipinski definition) is 0. The van der Waals surface area contributed by atoms with E-state index in [1.54, 1.807) is 0 Å². The molecule has 0 saturated heterocycles. The predicted octanol–water partition coefficient (Wildman–Crippen LogP) is 3.47. The van der Waals surface area contributed by atoms with Gasteiger partial charge in [-0.15, -0.1) is 0 Å². The summed E-state index contributed by atoms with van der Waals surface area (Å²) in [5.41, 5.74) is 1.22. The van der Waals surface area contributed by atoms with Crippen LogP contribution in [0.3, 0.4) is 0 Å². The molecule has 18 heavy (non-hydrogen) atoms. The smallest absolute Gasteiger partial charge is 0.225 e. The van der Waals surface area contributed by atoms with Crippen molar-refractivity contribution in [2.24, 2.45) is 11.8 Å². The predicted molar refractivity (Wildman–Crippen MR) is 74.0 cm³/mol. The van der Waals surface area contributed by atoms with Crippen molar-refractivity contribution in [1.82, 2.24) is 4.90 Å². The Morgan fingerprint density at radius 1 is 1.22 bits per heavy atom. The average Bonchev–Trinajstić information content (AvgIpc) is 3.19. The second-order valence-electron chi connectivity index (χ2n) is 5.68. The molecule has 2 heteroatoms. The van der Waals surface area contributed by atoms with Crippen LogP contribution in [0.2, 0.25) is 0 Å². The first-order valence-corrected chi connectivity index (χ1v) is 6.94. The Labute approximate surface area is 110 Å². The number of amides is 1. The minimum atomic E-state index is 0.0786. The van der Waals surface area contributed by atoms with Gasteiger partial charge in [-0.2, -0.15) is 0 Å². The van der Waals surface area contributed by atoms with Gasteiger partial charge >= 0.3 is 0 Å². The number of carbonyl (C=O) groups is 1. The first kappa shape index (κ1) is 13.1. The number of nitrogens with zero attached hydrogens (tertiary/aromatic N) is 1. The Morgan fingerprint density at radius 3 is 2.33 bits per heavy atom. The van der Waals surface area contributed by atoms with Crippen molar-refractivity contribution in [3.8, 4) is 0 Å². The van der Waals surface area contributed by atoms with E-state index in [2.05, 4.69) is 24.0 Å². The lowest BCUT2D eigenvalue weighted by Crippen LogP contribution is -2.41. The van der Waals surface area contributed by atoms with Crippen molar-refractivity contribution in [3.05, 3.63) is 35.9 Å². The molecule has 1 saturated carbocycles. The second-order valence-corrected chi connectivity index (χ2v) is 5.68. The van der Waals surface area contributed by atoms with Gasteiger partial charge in [-0.3, -0.25) is 4.79 Å². The topological polar surface area (TPSA) is 20.3 Å². The average molecular weight is 245 g/mol. The molecular formula is C16H23NO. The van der Waals surface area contributed by atoms with Gasteiger partial charge in [0.25, 0.3) is 0 Å². The van der Waals surface area contributed by atoms with E-state index in [0.29, 0.717) is 6.04 Å². The summed E-state index contributed by atoms with van der Waals surface area (Å²) < 4.78 is 0. The van der Waals surface area contributed by atoms with E-state index in [1.807, 2.05) is 32.0 Å². The van der Waals surface area contributed by atoms with Crippen LogP contribution < -0.4 is 0 Å². The zero-order chi connectivity index (χ0) is 13.1. The lowest BCUT2D eigenvalue weighted by molar-refractivity contribution is -0.137. The summed E-state index contributed by atoms with van der Waals surface area (Å²) >= 11 is 0. The molecule has 98 valence electrons. The van der Waals surface area contributed by atoms with Crippen molar-refractivity contribution < 1.29 is 4.79 Å². The molecule has 1 amide bonds. The standard InChI is InChI=1S/C16H23NO/c1-12(2)16(18)17(13(3)15-9-10-15)11-14-7-5-4-6-8-14/h4-8,12-13,15H,9-11H2,1-3H3. The van der Waals surface area contributed by atoms with Crippen molar-refractivity contribution in [2.75, 3.05) is 0 Å². The van der Waals surface area contributed by atoms with Gasteiger partial charge in [-0.1, -0.05) is 44.2 Å². The highest BCUT2D eigenvalue weighted by atomic mass is 16.2. The van der Waals surface area contributed by atoms with Crippen LogP contribution in [0.4, 0.5) is 0 Å². The molecule has 1 aromatic carbocycles. The Kier molecular flexibility index (Phi) is 4.05. The maximum atomic E-state index is 12.3. The van der Waals surface area contributed by atoms with Crippen LogP contribution in [0.1, 0.15) is 39.2 Å². The summed E-state index contributed by atoms with van der Waals surface area (Å²) in [5, 5.41) is 0. The molecule has 0 radical (unpaired) electrons. The molecule has 2 nitrogen and oxygen atoms in total. The molecule has 0 bridgehead atoms. The van der Waals surface area contributed by atoms with Crippen molar-refractivity contribution in [1.29, 1.82) is 0 Å². The van der Waals surface area contributed by atoms with Gasteiger partial charge in [0.15, 0.2) is 0 Å². The fraction of sp³-hybridized carbons (Fsp3) is 0.562. The Bertz CT molecular complexity index is 395. The molecule has 1 unspecified atom stereocenters. The largest absolute Gasteiger partial charge is 0.335 e. The lowest BCUT2D eigenvalue weighted by Gasteiger charge is -2.31. The number of carbonyl (C=O) groups excluding carboxylic acids is 1. The summed E-state index contributed by atoms with van der Waals surface area (Å²) in [6.45, 7) is 6.91. The lowest BCUT2D eigenvalue weighted by atomic mass is 10.1. The summed E-state index contributed by atoms with van der Waals surface area (Å²) in [4.78, 5) is 14.4. The molecule has 0 heterocycles. The van der Waals surface area contributed by atoms with Crippen LogP contribution in [-0.2, 0) is 11.3 Å². The third-order valence-electron chi connectivity index (χ3n) is 3.77. The van der Waals surface area contributed by atoms with Crippen LogP contribution in [0.15, 0.2) is 30.3 Å². The number of hydrogen-bond acceptors (Lipinski definition) is 1. The highest BCUT2D eigenvalue weighted by Crippen LogP contribution is 2.36. The van der Waals surface area contributed by atoms with E-state index >= 15 is 0 Å². The fourth-order valence-corrected chi connectivity index (χ4v) is 2.37. The van der Waals surface area contributed by atoms with E-state index < -0.39 is 0 Å². The molecule has 0 N–H and O–H groups in total. The molecule has 2 rings (SSSR count). The van der Waals surface area contributed by atoms with Crippen molar-refractivity contribution >= 4 is 5.91 Å². The zero-order valence-electron chi connectivity index (χ0n) is 11.6. The zero-order valence-corrected chi connectivity index (χ0v) is 11.6. The number of rotatable bonds is 5. The van der Waals surface area contributed by atoms with E-state index in [9.17, 15) is 4.79 Å². The summed E-state index contributed by atoms with van der Waals surface area (Å²) in [5.74, 6) is 1.07. The van der Waals surface area contributed by atoms with E-state index in [-0.39, 0.29) is 11.8 Å². The number of benzene rings is 1. The maximum absolute atomic E-state index is 12.3. The fourth-order valence-electron chi connectivity index (χ4n) is 2.37. The van der Waals surface area contributed by atoms with Crippen molar-refractivity contribution in [2.45, 2.75) is 46.2 Å². The highest BCUT2D eigenvalue weighted by molar-refractivity contribution is 5.78. The molecule has 1 fully saturated rings. The molecule has 1 atom stereocenters. The molecular weight excluding hydrogens is 222 g/mol. The Balaban J connectivity index is 2.11. The minimum absolute atomic E-state index is 0.0786. The van der Waals surface area contributed by atoms with Gasteiger partial charge in [-0.05, 0) is 31.2 Å². The second kappa shape index (κ2) is 5.55. The summed E-state index contributed by atoms with van der Waals surface area (Å²) in [6.07, 6.45) is 2.55. The van der Waals surface area contributed by atoms with Gasteiger partial charge < -0.3 is 4.90 Å². The van der Waals surface area contributed by atoms with Crippen LogP contribution >= 0.6 is 0 Å². The minimum Gasteiger partial charge on any atom is -0.335 e. The monoisotopic (exact) mass is 245 g/mol. The van der Waals surface area contributed by atoms with Crippen LogP contribution in [0, 0.1) is 11.8 Å². The summed E-state index contributed by atoms with van der Waals surface area (Å²) in [6, 6.07) is 10.7. The molecule has 1 aliphatic rings. The highest BCUT2D eigenvalue weighted by Gasteiger charge is 2.34. The van der Waals surface area contributed by atoms with Gasteiger partial charge in [0.2, 0.25) is 5.91 Å². The first-order chi connectivity index (χ1) is 8.59. The first-order valence-electron chi connectivity index (χ1n) is 6.94. The van der Waals surface area contributed by atoms with Gasteiger partial charge in [0, 0.05) is 18.5 Å². The third kappa shape index (κ3) is 3.12. The van der Waals surface area contributed by atoms with Gasteiger partial charge in [0.1, 0.15) is 0 Å². The SMILES string of the molecule is CC(C)C(=O)N(Cc1ccccc1)C(C)C1CC1. The van der Waals surface area contributed by atoms with E-state index in [1.165, 1.54) is 18.4 Å². The van der Waals surface area contributed by atoms with Crippen LogP contribution in [0.25, 0.3) is 0 Å². The maximum Gasteiger partial charge on any atom is 0.225 e. The van der Waals surface area contributed by atoms with Crippen LogP contribution in [0.5, 0.6) is 0 Å². The molecule has 1 aromatic rings. The summed E-state index contributed by atoms with van der Waals surface area (Å²) in [7, 11) is 0. The van der Waals surface area contributed by atoms with E-state index in [0.717, 1.165) is 12.5 Å². The third-order valence-corrected chi connectivity index (χ3v) is 3.77. The molecule has 0 aliphatic heterocycles.